The number of nitrogen functional groups attached to an aromatic ring is 1. The number of nitrogens with one attached hydrogen (secondary N) is 1. The first-order chi connectivity index (χ1) is 9.08. The van der Waals surface area contributed by atoms with E-state index in [-0.39, 0.29) is 11.9 Å². The van der Waals surface area contributed by atoms with Crippen molar-refractivity contribution in [2.45, 2.75) is 25.8 Å². The number of piperidine rings is 1. The standard InChI is InChI=1S/C14H20BrN3O/c1-2-18-5-3-4-13(9-18)17-14(19)10-6-11(15)8-12(16)7-10/h6-8,13H,2-5,9,16H2,1H3,(H,17,19). The highest BCUT2D eigenvalue weighted by Gasteiger charge is 2.20. The lowest BCUT2D eigenvalue weighted by molar-refractivity contribution is 0.0906. The molecule has 0 saturated carbocycles. The van der Waals surface area contributed by atoms with Gasteiger partial charge in [-0.15, -0.1) is 0 Å². The van der Waals surface area contributed by atoms with Crippen molar-refractivity contribution in [2.24, 2.45) is 0 Å². The summed E-state index contributed by atoms with van der Waals surface area (Å²) in [5, 5.41) is 3.10. The first kappa shape index (κ1) is 14.3. The molecule has 4 nitrogen and oxygen atoms in total. The Labute approximate surface area is 122 Å². The number of anilines is 1. The van der Waals surface area contributed by atoms with E-state index in [1.54, 1.807) is 18.2 Å². The van der Waals surface area contributed by atoms with E-state index < -0.39 is 0 Å². The third kappa shape index (κ3) is 3.94. The third-order valence-electron chi connectivity index (χ3n) is 3.47. The molecule has 0 aromatic heterocycles. The monoisotopic (exact) mass is 325 g/mol. The molecule has 1 heterocycles. The van der Waals surface area contributed by atoms with Gasteiger partial charge in [0.05, 0.1) is 0 Å². The zero-order valence-electron chi connectivity index (χ0n) is 11.2. The highest BCUT2D eigenvalue weighted by Crippen LogP contribution is 2.18. The van der Waals surface area contributed by atoms with Crippen LogP contribution in [0.1, 0.15) is 30.1 Å². The molecule has 0 bridgehead atoms. The summed E-state index contributed by atoms with van der Waals surface area (Å²) >= 11 is 3.36. The molecular weight excluding hydrogens is 306 g/mol. The van der Waals surface area contributed by atoms with Gasteiger partial charge in [-0.05, 0) is 44.1 Å². The minimum atomic E-state index is -0.0454. The number of nitrogens with zero attached hydrogens (tertiary/aromatic N) is 1. The van der Waals surface area contributed by atoms with Crippen LogP contribution in [0.15, 0.2) is 22.7 Å². The summed E-state index contributed by atoms with van der Waals surface area (Å²) in [6.45, 7) is 5.26. The Morgan fingerprint density at radius 2 is 2.32 bits per heavy atom. The lowest BCUT2D eigenvalue weighted by Gasteiger charge is -2.32. The van der Waals surface area contributed by atoms with E-state index in [0.717, 1.165) is 36.9 Å². The van der Waals surface area contributed by atoms with Gasteiger partial charge in [0.25, 0.3) is 5.91 Å². The molecule has 1 saturated heterocycles. The molecule has 1 aliphatic heterocycles. The van der Waals surface area contributed by atoms with E-state index in [9.17, 15) is 4.79 Å². The van der Waals surface area contributed by atoms with Crippen LogP contribution in [0.4, 0.5) is 5.69 Å². The molecule has 104 valence electrons. The zero-order valence-corrected chi connectivity index (χ0v) is 12.7. The molecule has 0 radical (unpaired) electrons. The molecule has 0 spiro atoms. The molecule has 1 amide bonds. The fraction of sp³-hybridized carbons (Fsp3) is 0.500. The van der Waals surface area contributed by atoms with Crippen molar-refractivity contribution >= 4 is 27.5 Å². The van der Waals surface area contributed by atoms with Gasteiger partial charge in [-0.3, -0.25) is 4.79 Å². The smallest absolute Gasteiger partial charge is 0.251 e. The zero-order chi connectivity index (χ0) is 13.8. The molecule has 1 aromatic rings. The SMILES string of the molecule is CCN1CCCC(NC(=O)c2cc(N)cc(Br)c2)C1. The number of likely N-dealkylation sites (tertiary alicyclic amines) is 1. The largest absolute Gasteiger partial charge is 0.399 e. The van der Waals surface area contributed by atoms with Gasteiger partial charge in [0.15, 0.2) is 0 Å². The van der Waals surface area contributed by atoms with Crippen LogP contribution in [-0.4, -0.2) is 36.5 Å². The Kier molecular flexibility index (Phi) is 4.82. The van der Waals surface area contributed by atoms with Crippen LogP contribution in [0.5, 0.6) is 0 Å². The summed E-state index contributed by atoms with van der Waals surface area (Å²) in [4.78, 5) is 14.6. The number of amides is 1. The van der Waals surface area contributed by atoms with Crippen LogP contribution in [0.25, 0.3) is 0 Å². The van der Waals surface area contributed by atoms with Crippen molar-refractivity contribution in [2.75, 3.05) is 25.4 Å². The predicted molar refractivity (Wildman–Crippen MR) is 81.2 cm³/mol. The summed E-state index contributed by atoms with van der Waals surface area (Å²) < 4.78 is 0.830. The molecule has 1 atom stereocenters. The van der Waals surface area contributed by atoms with Crippen molar-refractivity contribution in [1.29, 1.82) is 0 Å². The normalized spacial score (nSPS) is 20.2. The van der Waals surface area contributed by atoms with E-state index >= 15 is 0 Å². The van der Waals surface area contributed by atoms with Gasteiger partial charge in [0.1, 0.15) is 0 Å². The second-order valence-corrected chi connectivity index (χ2v) is 5.89. The van der Waals surface area contributed by atoms with Crippen LogP contribution < -0.4 is 11.1 Å². The van der Waals surface area contributed by atoms with Crippen molar-refractivity contribution in [3.8, 4) is 0 Å². The van der Waals surface area contributed by atoms with Crippen molar-refractivity contribution in [3.63, 3.8) is 0 Å². The quantitative estimate of drug-likeness (QED) is 0.838. The molecule has 0 aliphatic carbocycles. The highest BCUT2D eigenvalue weighted by molar-refractivity contribution is 9.10. The van der Waals surface area contributed by atoms with Crippen LogP contribution >= 0.6 is 15.9 Å². The lowest BCUT2D eigenvalue weighted by atomic mass is 10.0. The van der Waals surface area contributed by atoms with Crippen molar-refractivity contribution in [3.05, 3.63) is 28.2 Å². The van der Waals surface area contributed by atoms with Gasteiger partial charge in [-0.25, -0.2) is 0 Å². The molecule has 1 aromatic carbocycles. The number of carbonyl (C=O) groups excluding carboxylic acids is 1. The average Bonchev–Trinajstić information content (AvgIpc) is 2.37. The van der Waals surface area contributed by atoms with E-state index in [2.05, 4.69) is 33.1 Å². The first-order valence-electron chi connectivity index (χ1n) is 6.67. The summed E-state index contributed by atoms with van der Waals surface area (Å²) in [6.07, 6.45) is 2.19. The number of hydrogen-bond acceptors (Lipinski definition) is 3. The maximum atomic E-state index is 12.2. The molecule has 1 fully saturated rings. The molecule has 19 heavy (non-hydrogen) atoms. The van der Waals surface area contributed by atoms with Gasteiger partial charge in [-0.2, -0.15) is 0 Å². The van der Waals surface area contributed by atoms with Gasteiger partial charge in [0.2, 0.25) is 0 Å². The average molecular weight is 326 g/mol. The maximum absolute atomic E-state index is 12.2. The van der Waals surface area contributed by atoms with Crippen LogP contribution in [0.3, 0.4) is 0 Å². The Balaban J connectivity index is 2.00. The van der Waals surface area contributed by atoms with Gasteiger partial charge >= 0.3 is 0 Å². The Morgan fingerprint density at radius 3 is 3.00 bits per heavy atom. The second-order valence-electron chi connectivity index (χ2n) is 4.98. The van der Waals surface area contributed by atoms with Crippen molar-refractivity contribution in [1.82, 2.24) is 10.2 Å². The minimum Gasteiger partial charge on any atom is -0.399 e. The topological polar surface area (TPSA) is 58.4 Å². The van der Waals surface area contributed by atoms with E-state index in [4.69, 9.17) is 5.73 Å². The highest BCUT2D eigenvalue weighted by atomic mass is 79.9. The molecule has 1 unspecified atom stereocenters. The molecule has 3 N–H and O–H groups in total. The minimum absolute atomic E-state index is 0.0454. The van der Waals surface area contributed by atoms with Crippen LogP contribution in [0, 0.1) is 0 Å². The number of hydrogen-bond donors (Lipinski definition) is 2. The first-order valence-corrected chi connectivity index (χ1v) is 7.47. The number of halogens is 1. The Morgan fingerprint density at radius 1 is 1.53 bits per heavy atom. The number of rotatable bonds is 3. The summed E-state index contributed by atoms with van der Waals surface area (Å²) in [6, 6.07) is 5.53. The number of benzene rings is 1. The Hall–Kier alpha value is -1.07. The number of likely N-dealkylation sites (N-methyl/N-ethyl adjacent to an activating group) is 1. The van der Waals surface area contributed by atoms with Crippen LogP contribution in [-0.2, 0) is 0 Å². The van der Waals surface area contributed by atoms with E-state index in [0.29, 0.717) is 11.3 Å². The molecular formula is C14H20BrN3O. The Bertz CT molecular complexity index is 444. The third-order valence-corrected chi connectivity index (χ3v) is 3.93. The molecule has 1 aliphatic rings. The van der Waals surface area contributed by atoms with Crippen LogP contribution in [0.2, 0.25) is 0 Å². The summed E-state index contributed by atoms with van der Waals surface area (Å²) in [7, 11) is 0. The number of carbonyl (C=O) groups is 1. The summed E-state index contributed by atoms with van der Waals surface area (Å²) in [5.74, 6) is -0.0454. The van der Waals surface area contributed by atoms with E-state index in [1.807, 2.05) is 0 Å². The number of nitrogens with two attached hydrogens (primary N) is 1. The van der Waals surface area contributed by atoms with Gasteiger partial charge in [0, 0.05) is 28.3 Å². The molecule has 5 heteroatoms. The van der Waals surface area contributed by atoms with Gasteiger partial charge < -0.3 is 16.0 Å². The maximum Gasteiger partial charge on any atom is 0.251 e. The van der Waals surface area contributed by atoms with Gasteiger partial charge in [-0.1, -0.05) is 22.9 Å². The fourth-order valence-electron chi connectivity index (χ4n) is 2.47. The van der Waals surface area contributed by atoms with E-state index in [1.165, 1.54) is 0 Å². The fourth-order valence-corrected chi connectivity index (χ4v) is 2.98. The second kappa shape index (κ2) is 6.39. The molecule has 2 rings (SSSR count). The lowest BCUT2D eigenvalue weighted by Crippen LogP contribution is -2.47. The van der Waals surface area contributed by atoms with Crippen molar-refractivity contribution < 1.29 is 4.79 Å². The summed E-state index contributed by atoms with van der Waals surface area (Å²) in [5.41, 5.74) is 6.96. The predicted octanol–water partition coefficient (Wildman–Crippen LogP) is 2.25.